The Bertz CT molecular complexity index is 1150. The van der Waals surface area contributed by atoms with E-state index in [0.717, 1.165) is 11.3 Å². The third kappa shape index (κ3) is 2.92. The van der Waals surface area contributed by atoms with Crippen molar-refractivity contribution in [2.45, 2.75) is 26.9 Å². The molecule has 3 aromatic rings. The molecule has 4 rings (SSSR count). The van der Waals surface area contributed by atoms with E-state index in [0.29, 0.717) is 49.0 Å². The van der Waals surface area contributed by atoms with Gasteiger partial charge >= 0.3 is 5.69 Å². The maximum Gasteiger partial charge on any atom is 0.332 e. The lowest BCUT2D eigenvalue weighted by atomic mass is 10.2. The van der Waals surface area contributed by atoms with Gasteiger partial charge in [-0.2, -0.15) is 0 Å². The smallest absolute Gasteiger partial charge is 0.332 e. The molecule has 3 heterocycles. The number of aromatic nitrogens is 4. The Morgan fingerprint density at radius 2 is 1.81 bits per heavy atom. The van der Waals surface area contributed by atoms with Crippen molar-refractivity contribution in [3.63, 3.8) is 0 Å². The molecule has 140 valence electrons. The minimum absolute atomic E-state index is 0.314. The van der Waals surface area contributed by atoms with Crippen LogP contribution >= 0.6 is 0 Å². The standard InChI is InChI=1S/C19H20N4O4/c1-3-22-17-16(18(24)23(4-2)19(22)25)20-15(21-17)8-6-12-5-7-13-14(11-12)27-10-9-26-13/h5-8,11H,3-4,9-10H2,1-2H3,(H,20,21). The van der Waals surface area contributed by atoms with Gasteiger partial charge in [-0.1, -0.05) is 12.1 Å². The summed E-state index contributed by atoms with van der Waals surface area (Å²) < 4.78 is 13.8. The van der Waals surface area contributed by atoms with Gasteiger partial charge in [0.15, 0.2) is 17.1 Å². The van der Waals surface area contributed by atoms with Gasteiger partial charge in [0.2, 0.25) is 0 Å². The molecular formula is C19H20N4O4. The number of fused-ring (bicyclic) bond motifs is 2. The van der Waals surface area contributed by atoms with E-state index >= 15 is 0 Å². The Balaban J connectivity index is 1.75. The molecule has 0 bridgehead atoms. The van der Waals surface area contributed by atoms with Crippen LogP contribution in [0.4, 0.5) is 0 Å². The van der Waals surface area contributed by atoms with Gasteiger partial charge in [-0.15, -0.1) is 0 Å². The minimum atomic E-state index is -0.353. The lowest BCUT2D eigenvalue weighted by Gasteiger charge is -2.18. The number of aryl methyl sites for hydroxylation is 1. The fourth-order valence-electron chi connectivity index (χ4n) is 3.17. The summed E-state index contributed by atoms with van der Waals surface area (Å²) in [6.45, 7) is 5.46. The zero-order valence-corrected chi connectivity index (χ0v) is 15.2. The molecule has 27 heavy (non-hydrogen) atoms. The van der Waals surface area contributed by atoms with E-state index in [1.54, 1.807) is 13.0 Å². The van der Waals surface area contributed by atoms with Gasteiger partial charge in [0, 0.05) is 13.1 Å². The van der Waals surface area contributed by atoms with E-state index < -0.39 is 0 Å². The number of ether oxygens (including phenoxy) is 2. The van der Waals surface area contributed by atoms with E-state index in [2.05, 4.69) is 9.97 Å². The van der Waals surface area contributed by atoms with Crippen molar-refractivity contribution in [1.29, 1.82) is 0 Å². The zero-order chi connectivity index (χ0) is 19.0. The highest BCUT2D eigenvalue weighted by Gasteiger charge is 2.15. The van der Waals surface area contributed by atoms with Crippen molar-refractivity contribution in [3.05, 3.63) is 50.4 Å². The van der Waals surface area contributed by atoms with E-state index in [1.807, 2.05) is 31.2 Å². The molecular weight excluding hydrogens is 348 g/mol. The minimum Gasteiger partial charge on any atom is -0.486 e. The summed E-state index contributed by atoms with van der Waals surface area (Å²) in [7, 11) is 0. The third-order valence-corrected chi connectivity index (χ3v) is 4.51. The fourth-order valence-corrected chi connectivity index (χ4v) is 3.17. The molecule has 0 saturated heterocycles. The monoisotopic (exact) mass is 368 g/mol. The first kappa shape index (κ1) is 17.1. The number of nitrogens with one attached hydrogen (secondary N) is 1. The van der Waals surface area contributed by atoms with E-state index in [-0.39, 0.29) is 11.2 Å². The summed E-state index contributed by atoms with van der Waals surface area (Å²) in [5.41, 5.74) is 0.928. The summed E-state index contributed by atoms with van der Waals surface area (Å²) in [4.78, 5) is 32.4. The molecule has 1 aliphatic heterocycles. The van der Waals surface area contributed by atoms with Crippen LogP contribution in [0.2, 0.25) is 0 Å². The summed E-state index contributed by atoms with van der Waals surface area (Å²) in [5, 5.41) is 0. The number of hydrogen-bond acceptors (Lipinski definition) is 5. The third-order valence-electron chi connectivity index (χ3n) is 4.51. The van der Waals surface area contributed by atoms with Gasteiger partial charge in [0.1, 0.15) is 24.6 Å². The first-order valence-corrected chi connectivity index (χ1v) is 8.93. The highest BCUT2D eigenvalue weighted by atomic mass is 16.6. The van der Waals surface area contributed by atoms with Crippen LogP contribution < -0.4 is 20.7 Å². The van der Waals surface area contributed by atoms with Crippen LogP contribution in [0.15, 0.2) is 27.8 Å². The normalized spacial score (nSPS) is 13.6. The second-order valence-electron chi connectivity index (χ2n) is 6.13. The molecule has 0 saturated carbocycles. The van der Waals surface area contributed by atoms with Crippen LogP contribution in [0.1, 0.15) is 25.2 Å². The SMILES string of the molecule is CCn1c(=O)c2[nH]c(C=Cc3ccc4c(c3)OCCO4)nc2n(CC)c1=O. The summed E-state index contributed by atoms with van der Waals surface area (Å²) in [6.07, 6.45) is 3.63. The summed E-state index contributed by atoms with van der Waals surface area (Å²) >= 11 is 0. The highest BCUT2D eigenvalue weighted by Crippen LogP contribution is 2.31. The molecule has 1 N–H and O–H groups in total. The molecule has 0 fully saturated rings. The highest BCUT2D eigenvalue weighted by molar-refractivity contribution is 5.76. The number of hydrogen-bond donors (Lipinski definition) is 1. The Hall–Kier alpha value is -3.29. The van der Waals surface area contributed by atoms with Gasteiger partial charge < -0.3 is 14.5 Å². The van der Waals surface area contributed by atoms with Crippen LogP contribution in [-0.4, -0.2) is 32.3 Å². The van der Waals surface area contributed by atoms with Crippen molar-refractivity contribution in [1.82, 2.24) is 19.1 Å². The van der Waals surface area contributed by atoms with Gasteiger partial charge in [0.05, 0.1) is 0 Å². The van der Waals surface area contributed by atoms with E-state index in [9.17, 15) is 9.59 Å². The Kier molecular flexibility index (Phi) is 4.31. The van der Waals surface area contributed by atoms with Crippen molar-refractivity contribution >= 4 is 23.3 Å². The molecule has 1 aromatic carbocycles. The van der Waals surface area contributed by atoms with Crippen molar-refractivity contribution < 1.29 is 9.47 Å². The largest absolute Gasteiger partial charge is 0.486 e. The van der Waals surface area contributed by atoms with Crippen LogP contribution in [-0.2, 0) is 13.1 Å². The van der Waals surface area contributed by atoms with Crippen LogP contribution in [0.5, 0.6) is 11.5 Å². The molecule has 0 atom stereocenters. The van der Waals surface area contributed by atoms with Gasteiger partial charge in [-0.3, -0.25) is 13.9 Å². The van der Waals surface area contributed by atoms with E-state index in [1.165, 1.54) is 9.13 Å². The molecule has 8 heteroatoms. The number of benzene rings is 1. The van der Waals surface area contributed by atoms with Crippen molar-refractivity contribution in [3.8, 4) is 11.5 Å². The molecule has 0 spiro atoms. The fraction of sp³-hybridized carbons (Fsp3) is 0.316. The predicted molar refractivity (Wildman–Crippen MR) is 102 cm³/mol. The predicted octanol–water partition coefficient (Wildman–Crippen LogP) is 1.87. The first-order valence-electron chi connectivity index (χ1n) is 8.93. The number of aromatic amines is 1. The number of imidazole rings is 1. The topological polar surface area (TPSA) is 91.1 Å². The van der Waals surface area contributed by atoms with Crippen molar-refractivity contribution in [2.75, 3.05) is 13.2 Å². The van der Waals surface area contributed by atoms with Crippen LogP contribution in [0.3, 0.4) is 0 Å². The molecule has 1 aliphatic rings. The quantitative estimate of drug-likeness (QED) is 0.759. The Morgan fingerprint density at radius 3 is 2.56 bits per heavy atom. The Labute approximate surface area is 154 Å². The van der Waals surface area contributed by atoms with Gasteiger partial charge in [0.25, 0.3) is 5.56 Å². The number of rotatable bonds is 4. The van der Waals surface area contributed by atoms with Gasteiger partial charge in [-0.25, -0.2) is 9.78 Å². The molecule has 2 aromatic heterocycles. The molecule has 0 aliphatic carbocycles. The lowest BCUT2D eigenvalue weighted by Crippen LogP contribution is -2.39. The summed E-state index contributed by atoms with van der Waals surface area (Å²) in [5.74, 6) is 1.94. The molecule has 0 amide bonds. The average Bonchev–Trinajstić information content (AvgIpc) is 3.11. The second-order valence-corrected chi connectivity index (χ2v) is 6.13. The summed E-state index contributed by atoms with van der Waals surface area (Å²) in [6, 6.07) is 5.67. The maximum atomic E-state index is 12.5. The first-order chi connectivity index (χ1) is 13.1. The van der Waals surface area contributed by atoms with Gasteiger partial charge in [-0.05, 0) is 37.6 Å². The average molecular weight is 368 g/mol. The van der Waals surface area contributed by atoms with Crippen LogP contribution in [0.25, 0.3) is 23.3 Å². The van der Waals surface area contributed by atoms with Crippen LogP contribution in [0, 0.1) is 0 Å². The lowest BCUT2D eigenvalue weighted by molar-refractivity contribution is 0.171. The second kappa shape index (κ2) is 6.79. The number of H-pyrrole nitrogens is 1. The molecule has 0 radical (unpaired) electrons. The maximum absolute atomic E-state index is 12.5. The van der Waals surface area contributed by atoms with E-state index in [4.69, 9.17) is 9.47 Å². The Morgan fingerprint density at radius 1 is 1.07 bits per heavy atom. The number of nitrogens with zero attached hydrogens (tertiary/aromatic N) is 3. The molecule has 8 nitrogen and oxygen atoms in total. The zero-order valence-electron chi connectivity index (χ0n) is 15.2. The molecule has 0 unspecified atom stereocenters. The van der Waals surface area contributed by atoms with Crippen molar-refractivity contribution in [2.24, 2.45) is 0 Å².